The normalized spacial score (nSPS) is 15.2. The predicted molar refractivity (Wildman–Crippen MR) is 91.5 cm³/mol. The molecule has 0 aliphatic carbocycles. The number of nitrogens with zero attached hydrogens (tertiary/aromatic N) is 3. The van der Waals surface area contributed by atoms with Gasteiger partial charge in [0.05, 0.1) is 23.3 Å². The van der Waals surface area contributed by atoms with Gasteiger partial charge in [-0.3, -0.25) is 4.79 Å². The molecule has 0 radical (unpaired) electrons. The van der Waals surface area contributed by atoms with E-state index in [1.807, 2.05) is 0 Å². The van der Waals surface area contributed by atoms with Crippen LogP contribution >= 0.6 is 15.9 Å². The number of halogens is 1. The third-order valence-corrected chi connectivity index (χ3v) is 4.54. The molecule has 1 aliphatic heterocycles. The van der Waals surface area contributed by atoms with Crippen molar-refractivity contribution in [2.45, 2.75) is 12.8 Å². The van der Waals surface area contributed by atoms with Crippen LogP contribution in [0.3, 0.4) is 0 Å². The van der Waals surface area contributed by atoms with E-state index in [1.165, 1.54) is 0 Å². The van der Waals surface area contributed by atoms with Crippen molar-refractivity contribution in [3.63, 3.8) is 0 Å². The van der Waals surface area contributed by atoms with Gasteiger partial charge in [0.25, 0.3) is 5.91 Å². The van der Waals surface area contributed by atoms with Crippen molar-refractivity contribution in [1.82, 2.24) is 20.1 Å². The largest absolute Gasteiger partial charge is 0.480 e. The summed E-state index contributed by atoms with van der Waals surface area (Å²) >= 11 is 3.36. The highest BCUT2D eigenvalue weighted by Gasteiger charge is 2.16. The molecular weight excluding hydrogens is 376 g/mol. The lowest BCUT2D eigenvalue weighted by atomic mass is 10.0. The number of rotatable bonds is 5. The van der Waals surface area contributed by atoms with E-state index in [2.05, 4.69) is 31.3 Å². The standard InChI is InChI=1S/C16H19BrN4O3/c1-23-16-13(17)10-20-21(16)14-3-2-12(9-18-14)15(22)19-8-11-4-6-24-7-5-11/h2-3,9-11H,4-8H2,1H3,(H,19,22). The number of aromatic nitrogens is 3. The summed E-state index contributed by atoms with van der Waals surface area (Å²) in [5.41, 5.74) is 0.524. The molecule has 1 amide bonds. The number of carbonyl (C=O) groups excluding carboxylic acids is 1. The molecule has 8 heteroatoms. The van der Waals surface area contributed by atoms with Crippen molar-refractivity contribution in [1.29, 1.82) is 0 Å². The van der Waals surface area contributed by atoms with E-state index in [0.717, 1.165) is 30.5 Å². The van der Waals surface area contributed by atoms with Crippen molar-refractivity contribution in [3.05, 3.63) is 34.6 Å². The molecule has 3 heterocycles. The number of pyridine rings is 1. The van der Waals surface area contributed by atoms with E-state index in [4.69, 9.17) is 9.47 Å². The van der Waals surface area contributed by atoms with E-state index in [0.29, 0.717) is 29.7 Å². The average molecular weight is 395 g/mol. The number of methoxy groups -OCH3 is 1. The molecule has 0 aromatic carbocycles. The molecule has 2 aromatic heterocycles. The van der Waals surface area contributed by atoms with Crippen LogP contribution in [-0.2, 0) is 4.74 Å². The van der Waals surface area contributed by atoms with E-state index in [-0.39, 0.29) is 5.91 Å². The fraction of sp³-hybridized carbons (Fsp3) is 0.438. The van der Waals surface area contributed by atoms with Crippen LogP contribution in [0, 0.1) is 5.92 Å². The highest BCUT2D eigenvalue weighted by atomic mass is 79.9. The molecule has 0 atom stereocenters. The molecule has 1 aliphatic rings. The monoisotopic (exact) mass is 394 g/mol. The maximum atomic E-state index is 12.2. The Kier molecular flexibility index (Phi) is 5.47. The molecule has 24 heavy (non-hydrogen) atoms. The first kappa shape index (κ1) is 16.9. The third-order valence-electron chi connectivity index (χ3n) is 4.00. The van der Waals surface area contributed by atoms with Gasteiger partial charge in [0, 0.05) is 26.0 Å². The summed E-state index contributed by atoms with van der Waals surface area (Å²) in [6, 6.07) is 3.47. The van der Waals surface area contributed by atoms with Gasteiger partial charge in [-0.05, 0) is 46.8 Å². The predicted octanol–water partition coefficient (Wildman–Crippen LogP) is 2.19. The van der Waals surface area contributed by atoms with Crippen molar-refractivity contribution in [2.75, 3.05) is 26.9 Å². The molecule has 1 N–H and O–H groups in total. The van der Waals surface area contributed by atoms with Gasteiger partial charge in [-0.25, -0.2) is 4.98 Å². The molecule has 0 saturated carbocycles. The lowest BCUT2D eigenvalue weighted by Gasteiger charge is -2.22. The summed E-state index contributed by atoms with van der Waals surface area (Å²) in [5, 5.41) is 7.16. The topological polar surface area (TPSA) is 78.3 Å². The number of carbonyl (C=O) groups is 1. The summed E-state index contributed by atoms with van der Waals surface area (Å²) in [6.07, 6.45) is 5.16. The van der Waals surface area contributed by atoms with E-state index >= 15 is 0 Å². The third kappa shape index (κ3) is 3.76. The molecule has 0 unspecified atom stereocenters. The Morgan fingerprint density at radius 2 is 2.21 bits per heavy atom. The fourth-order valence-electron chi connectivity index (χ4n) is 2.60. The average Bonchev–Trinajstić information content (AvgIpc) is 3.01. The number of amides is 1. The molecule has 0 bridgehead atoms. The summed E-state index contributed by atoms with van der Waals surface area (Å²) < 4.78 is 12.9. The van der Waals surface area contributed by atoms with Crippen LogP contribution < -0.4 is 10.1 Å². The minimum atomic E-state index is -0.117. The Morgan fingerprint density at radius 3 is 2.88 bits per heavy atom. The molecule has 1 fully saturated rings. The Balaban J connectivity index is 1.64. The molecule has 128 valence electrons. The van der Waals surface area contributed by atoms with Gasteiger partial charge in [0.15, 0.2) is 5.82 Å². The fourth-order valence-corrected chi connectivity index (χ4v) is 3.02. The maximum Gasteiger partial charge on any atom is 0.252 e. The van der Waals surface area contributed by atoms with Crippen LogP contribution in [0.5, 0.6) is 5.88 Å². The highest BCUT2D eigenvalue weighted by Crippen LogP contribution is 2.26. The van der Waals surface area contributed by atoms with Gasteiger partial charge >= 0.3 is 0 Å². The zero-order chi connectivity index (χ0) is 16.9. The van der Waals surface area contributed by atoms with Gasteiger partial charge < -0.3 is 14.8 Å². The van der Waals surface area contributed by atoms with Crippen molar-refractivity contribution < 1.29 is 14.3 Å². The number of nitrogens with one attached hydrogen (secondary N) is 1. The molecular formula is C16H19BrN4O3. The van der Waals surface area contributed by atoms with E-state index < -0.39 is 0 Å². The minimum Gasteiger partial charge on any atom is -0.480 e. The number of hydrogen-bond donors (Lipinski definition) is 1. The summed E-state index contributed by atoms with van der Waals surface area (Å²) in [4.78, 5) is 16.5. The quantitative estimate of drug-likeness (QED) is 0.840. The second-order valence-electron chi connectivity index (χ2n) is 5.58. The zero-order valence-electron chi connectivity index (χ0n) is 13.4. The summed E-state index contributed by atoms with van der Waals surface area (Å²) in [7, 11) is 1.57. The zero-order valence-corrected chi connectivity index (χ0v) is 15.0. The maximum absolute atomic E-state index is 12.2. The number of ether oxygens (including phenoxy) is 2. The Bertz CT molecular complexity index is 696. The molecule has 7 nitrogen and oxygen atoms in total. The van der Waals surface area contributed by atoms with Gasteiger partial charge in [-0.15, -0.1) is 0 Å². The van der Waals surface area contributed by atoms with Crippen LogP contribution in [-0.4, -0.2) is 47.5 Å². The molecule has 2 aromatic rings. The van der Waals surface area contributed by atoms with Gasteiger partial charge in [0.2, 0.25) is 5.88 Å². The van der Waals surface area contributed by atoms with Crippen molar-refractivity contribution in [3.8, 4) is 11.7 Å². The van der Waals surface area contributed by atoms with Crippen LogP contribution in [0.25, 0.3) is 5.82 Å². The van der Waals surface area contributed by atoms with Crippen molar-refractivity contribution in [2.24, 2.45) is 5.92 Å². The number of hydrogen-bond acceptors (Lipinski definition) is 5. The van der Waals surface area contributed by atoms with Crippen LogP contribution in [0.2, 0.25) is 0 Å². The highest BCUT2D eigenvalue weighted by molar-refractivity contribution is 9.10. The van der Waals surface area contributed by atoms with Gasteiger partial charge in [-0.2, -0.15) is 9.78 Å². The van der Waals surface area contributed by atoms with Gasteiger partial charge in [-0.1, -0.05) is 0 Å². The Hall–Kier alpha value is -1.93. The molecule has 3 rings (SSSR count). The molecule has 1 saturated heterocycles. The lowest BCUT2D eigenvalue weighted by Crippen LogP contribution is -2.32. The first-order valence-corrected chi connectivity index (χ1v) is 8.58. The SMILES string of the molecule is COc1c(Br)cnn1-c1ccc(C(=O)NCC2CCOCC2)cn1. The van der Waals surface area contributed by atoms with E-state index in [1.54, 1.807) is 36.3 Å². The Labute approximate surface area is 148 Å². The first-order chi connectivity index (χ1) is 11.7. The molecule has 0 spiro atoms. The second kappa shape index (κ2) is 7.76. The van der Waals surface area contributed by atoms with Crippen LogP contribution in [0.1, 0.15) is 23.2 Å². The van der Waals surface area contributed by atoms with Crippen LogP contribution in [0.4, 0.5) is 0 Å². The second-order valence-corrected chi connectivity index (χ2v) is 6.44. The van der Waals surface area contributed by atoms with Gasteiger partial charge in [0.1, 0.15) is 0 Å². The van der Waals surface area contributed by atoms with Crippen molar-refractivity contribution >= 4 is 21.8 Å². The smallest absolute Gasteiger partial charge is 0.252 e. The first-order valence-electron chi connectivity index (χ1n) is 7.79. The summed E-state index contributed by atoms with van der Waals surface area (Å²) in [6.45, 7) is 2.22. The Morgan fingerprint density at radius 1 is 1.42 bits per heavy atom. The summed E-state index contributed by atoms with van der Waals surface area (Å²) in [5.74, 6) is 1.51. The lowest BCUT2D eigenvalue weighted by molar-refractivity contribution is 0.0642. The van der Waals surface area contributed by atoms with E-state index in [9.17, 15) is 4.79 Å². The minimum absolute atomic E-state index is 0.117. The van der Waals surface area contributed by atoms with Crippen LogP contribution in [0.15, 0.2) is 29.0 Å².